The summed E-state index contributed by atoms with van der Waals surface area (Å²) in [7, 11) is 0. The summed E-state index contributed by atoms with van der Waals surface area (Å²) in [5, 5.41) is 13.5. The van der Waals surface area contributed by atoms with Gasteiger partial charge in [-0.1, -0.05) is 30.3 Å². The summed E-state index contributed by atoms with van der Waals surface area (Å²) in [6.07, 6.45) is 0.415. The molecule has 0 unspecified atom stereocenters. The van der Waals surface area contributed by atoms with Gasteiger partial charge in [0.2, 0.25) is 0 Å². The summed E-state index contributed by atoms with van der Waals surface area (Å²) >= 11 is 0. The molecule has 108 valence electrons. The van der Waals surface area contributed by atoms with Crippen LogP contribution in [0, 0.1) is 0 Å². The van der Waals surface area contributed by atoms with Crippen LogP contribution in [0.2, 0.25) is 0 Å². The van der Waals surface area contributed by atoms with Gasteiger partial charge in [-0.05, 0) is 12.0 Å². The van der Waals surface area contributed by atoms with Crippen molar-refractivity contribution >= 4 is 17.8 Å². The molecule has 0 heterocycles. The highest BCUT2D eigenvalue weighted by Gasteiger charge is 2.06. The van der Waals surface area contributed by atoms with Crippen molar-refractivity contribution in [3.8, 4) is 0 Å². The minimum absolute atomic E-state index is 0.0358. The van der Waals surface area contributed by atoms with Crippen molar-refractivity contribution in [1.82, 2.24) is 10.6 Å². The minimum Gasteiger partial charge on any atom is -0.481 e. The number of nitrogens with one attached hydrogen (secondary N) is 2. The average Bonchev–Trinajstić information content (AvgIpc) is 2.43. The predicted molar refractivity (Wildman–Crippen MR) is 73.2 cm³/mol. The molecule has 0 aliphatic rings. The van der Waals surface area contributed by atoms with Crippen LogP contribution in [0.25, 0.3) is 0 Å². The monoisotopic (exact) mass is 278 g/mol. The zero-order valence-electron chi connectivity index (χ0n) is 11.1. The molecule has 0 saturated carbocycles. The number of urea groups is 1. The Bertz CT molecular complexity index is 460. The van der Waals surface area contributed by atoms with Crippen LogP contribution in [-0.4, -0.2) is 29.4 Å². The second kappa shape index (κ2) is 8.68. The SMILES string of the molecule is O=C(O)CCCC(=O)CNC(=O)NCc1ccccc1. The van der Waals surface area contributed by atoms with E-state index < -0.39 is 12.0 Å². The Morgan fingerprint density at radius 1 is 1.00 bits per heavy atom. The maximum Gasteiger partial charge on any atom is 0.315 e. The number of hydrogen-bond donors (Lipinski definition) is 3. The number of amides is 2. The van der Waals surface area contributed by atoms with Gasteiger partial charge in [-0.25, -0.2) is 4.79 Å². The van der Waals surface area contributed by atoms with Crippen LogP contribution in [0.3, 0.4) is 0 Å². The lowest BCUT2D eigenvalue weighted by atomic mass is 10.2. The van der Waals surface area contributed by atoms with E-state index in [1.54, 1.807) is 0 Å². The van der Waals surface area contributed by atoms with Gasteiger partial charge in [0.15, 0.2) is 5.78 Å². The van der Waals surface area contributed by atoms with E-state index in [0.29, 0.717) is 13.0 Å². The first-order chi connectivity index (χ1) is 9.58. The van der Waals surface area contributed by atoms with Gasteiger partial charge in [0, 0.05) is 19.4 Å². The average molecular weight is 278 g/mol. The van der Waals surface area contributed by atoms with Gasteiger partial charge < -0.3 is 15.7 Å². The van der Waals surface area contributed by atoms with Gasteiger partial charge in [-0.3, -0.25) is 9.59 Å². The molecule has 0 bridgehead atoms. The predicted octanol–water partition coefficient (Wildman–Crippen LogP) is 1.31. The number of Topliss-reactive ketones (excluding diaryl/α,β-unsaturated/α-hetero) is 1. The van der Waals surface area contributed by atoms with Crippen molar-refractivity contribution < 1.29 is 19.5 Å². The lowest BCUT2D eigenvalue weighted by Gasteiger charge is -2.07. The zero-order chi connectivity index (χ0) is 14.8. The summed E-state index contributed by atoms with van der Waals surface area (Å²) in [4.78, 5) is 33.1. The van der Waals surface area contributed by atoms with E-state index in [1.807, 2.05) is 30.3 Å². The van der Waals surface area contributed by atoms with Crippen LogP contribution in [0.4, 0.5) is 4.79 Å². The van der Waals surface area contributed by atoms with Crippen LogP contribution < -0.4 is 10.6 Å². The van der Waals surface area contributed by atoms with Gasteiger partial charge in [-0.15, -0.1) is 0 Å². The minimum atomic E-state index is -0.925. The van der Waals surface area contributed by atoms with Crippen LogP contribution in [0.5, 0.6) is 0 Å². The third kappa shape index (κ3) is 7.15. The Morgan fingerprint density at radius 2 is 1.70 bits per heavy atom. The molecule has 1 aromatic rings. The first kappa shape index (κ1) is 15.7. The smallest absolute Gasteiger partial charge is 0.315 e. The number of carboxylic acid groups (broad SMARTS) is 1. The summed E-state index contributed by atoms with van der Waals surface area (Å²) in [5.74, 6) is -1.10. The molecule has 3 N–H and O–H groups in total. The molecule has 2 amide bonds. The van der Waals surface area contributed by atoms with Crippen LogP contribution in [0.15, 0.2) is 30.3 Å². The lowest BCUT2D eigenvalue weighted by Crippen LogP contribution is -2.38. The van der Waals surface area contributed by atoms with E-state index in [1.165, 1.54) is 0 Å². The van der Waals surface area contributed by atoms with Crippen LogP contribution in [0.1, 0.15) is 24.8 Å². The second-order valence-corrected chi connectivity index (χ2v) is 4.31. The van der Waals surface area contributed by atoms with Crippen molar-refractivity contribution in [2.24, 2.45) is 0 Å². The van der Waals surface area contributed by atoms with Gasteiger partial charge in [0.1, 0.15) is 0 Å². The Morgan fingerprint density at radius 3 is 2.35 bits per heavy atom. The zero-order valence-corrected chi connectivity index (χ0v) is 11.1. The largest absolute Gasteiger partial charge is 0.481 e. The lowest BCUT2D eigenvalue weighted by molar-refractivity contribution is -0.137. The quantitative estimate of drug-likeness (QED) is 0.668. The van der Waals surface area contributed by atoms with E-state index in [2.05, 4.69) is 10.6 Å². The van der Waals surface area contributed by atoms with Crippen molar-refractivity contribution in [3.05, 3.63) is 35.9 Å². The molecule has 0 radical (unpaired) electrons. The maximum atomic E-state index is 11.4. The molecular formula is C14H18N2O4. The number of aliphatic carboxylic acids is 1. The fourth-order valence-corrected chi connectivity index (χ4v) is 1.54. The molecule has 6 heteroatoms. The van der Waals surface area contributed by atoms with Gasteiger partial charge >= 0.3 is 12.0 Å². The maximum absolute atomic E-state index is 11.4. The molecule has 0 spiro atoms. The van der Waals surface area contributed by atoms with E-state index >= 15 is 0 Å². The molecule has 6 nitrogen and oxygen atoms in total. The molecule has 1 aromatic carbocycles. The van der Waals surface area contributed by atoms with Crippen molar-refractivity contribution in [3.63, 3.8) is 0 Å². The first-order valence-electron chi connectivity index (χ1n) is 6.37. The molecule has 0 aliphatic carbocycles. The molecule has 0 fully saturated rings. The van der Waals surface area contributed by atoms with Crippen LogP contribution in [-0.2, 0) is 16.1 Å². The topological polar surface area (TPSA) is 95.5 Å². The van der Waals surface area contributed by atoms with Crippen molar-refractivity contribution in [2.45, 2.75) is 25.8 Å². The molecule has 0 atom stereocenters. The van der Waals surface area contributed by atoms with E-state index in [4.69, 9.17) is 5.11 Å². The Balaban J connectivity index is 2.13. The normalized spacial score (nSPS) is 9.80. The Hall–Kier alpha value is -2.37. The molecule has 1 rings (SSSR count). The standard InChI is InChI=1S/C14H18N2O4/c17-12(7-4-8-13(18)19)10-16-14(20)15-9-11-5-2-1-3-6-11/h1-3,5-6H,4,7-10H2,(H,18,19)(H2,15,16,20). The number of benzene rings is 1. The molecule has 0 saturated heterocycles. The van der Waals surface area contributed by atoms with Gasteiger partial charge in [-0.2, -0.15) is 0 Å². The first-order valence-corrected chi connectivity index (χ1v) is 6.37. The number of hydrogen-bond acceptors (Lipinski definition) is 3. The highest BCUT2D eigenvalue weighted by atomic mass is 16.4. The van der Waals surface area contributed by atoms with E-state index in [9.17, 15) is 14.4 Å². The summed E-state index contributed by atoms with van der Waals surface area (Å²) in [6, 6.07) is 9.00. The highest BCUT2D eigenvalue weighted by Crippen LogP contribution is 1.97. The number of rotatable bonds is 8. The summed E-state index contributed by atoms with van der Waals surface area (Å²) in [5.41, 5.74) is 0.968. The molecule has 0 aromatic heterocycles. The van der Waals surface area contributed by atoms with E-state index in [0.717, 1.165) is 5.56 Å². The molecular weight excluding hydrogens is 260 g/mol. The van der Waals surface area contributed by atoms with Gasteiger partial charge in [0.05, 0.1) is 6.54 Å². The number of carboxylic acids is 1. The summed E-state index contributed by atoms with van der Waals surface area (Å²) < 4.78 is 0. The number of carbonyl (C=O) groups is 3. The Kier molecular flexibility index (Phi) is 6.81. The summed E-state index contributed by atoms with van der Waals surface area (Å²) in [6.45, 7) is 0.306. The van der Waals surface area contributed by atoms with E-state index in [-0.39, 0.29) is 25.2 Å². The third-order valence-electron chi connectivity index (χ3n) is 2.59. The third-order valence-corrected chi connectivity index (χ3v) is 2.59. The Labute approximate surface area is 117 Å². The molecule has 0 aliphatic heterocycles. The van der Waals surface area contributed by atoms with Crippen molar-refractivity contribution in [1.29, 1.82) is 0 Å². The fourth-order valence-electron chi connectivity index (χ4n) is 1.54. The van der Waals surface area contributed by atoms with Gasteiger partial charge in [0.25, 0.3) is 0 Å². The number of ketones is 1. The highest BCUT2D eigenvalue weighted by molar-refractivity contribution is 5.85. The second-order valence-electron chi connectivity index (χ2n) is 4.31. The fraction of sp³-hybridized carbons (Fsp3) is 0.357. The number of carbonyl (C=O) groups excluding carboxylic acids is 2. The molecule has 20 heavy (non-hydrogen) atoms. The van der Waals surface area contributed by atoms with Crippen molar-refractivity contribution in [2.75, 3.05) is 6.54 Å². The van der Waals surface area contributed by atoms with Crippen LogP contribution >= 0.6 is 0 Å².